The van der Waals surface area contributed by atoms with E-state index in [4.69, 9.17) is 4.74 Å². The van der Waals surface area contributed by atoms with Gasteiger partial charge >= 0.3 is 0 Å². The van der Waals surface area contributed by atoms with Gasteiger partial charge in [-0.05, 0) is 80.7 Å². The molecule has 0 radical (unpaired) electrons. The standard InChI is InChI=1S/C30H34N4O4S/c1-18-8-6-9-19(2)26(18)24-17-25-32-30(31-24)34-39(36,37)23-13-7-12-22(16-23)29(35)33-27(20-10-4-3-5-11-20)28(38-25)21-14-15-21/h6-9,12-13,16-17,20-21,27-28H,3-5,10-11,14-15H2,1-2H3,(H,33,35)(H,31,32,34). The predicted molar refractivity (Wildman–Crippen MR) is 149 cm³/mol. The summed E-state index contributed by atoms with van der Waals surface area (Å²) in [5, 5.41) is 3.28. The average Bonchev–Trinajstić information content (AvgIpc) is 3.76. The molecule has 6 rings (SSSR count). The predicted octanol–water partition coefficient (Wildman–Crippen LogP) is 5.41. The largest absolute Gasteiger partial charge is 0.472 e. The van der Waals surface area contributed by atoms with Gasteiger partial charge in [-0.1, -0.05) is 43.5 Å². The lowest BCUT2D eigenvalue weighted by molar-refractivity contribution is 0.0664. The van der Waals surface area contributed by atoms with Crippen molar-refractivity contribution in [3.05, 3.63) is 65.2 Å². The van der Waals surface area contributed by atoms with Crippen molar-refractivity contribution < 1.29 is 17.9 Å². The van der Waals surface area contributed by atoms with E-state index in [1.807, 2.05) is 32.0 Å². The van der Waals surface area contributed by atoms with Crippen LogP contribution in [0.1, 0.15) is 66.4 Å². The van der Waals surface area contributed by atoms with Gasteiger partial charge in [-0.15, -0.1) is 0 Å². The maximum absolute atomic E-state index is 13.5. The van der Waals surface area contributed by atoms with E-state index in [0.717, 1.165) is 55.2 Å². The number of fused-ring (bicyclic) bond motifs is 4. The summed E-state index contributed by atoms with van der Waals surface area (Å²) in [6.07, 6.45) is 7.27. The highest BCUT2D eigenvalue weighted by Gasteiger charge is 2.43. The third kappa shape index (κ3) is 5.37. The van der Waals surface area contributed by atoms with Gasteiger partial charge in [0.25, 0.3) is 15.9 Å². The SMILES string of the molecule is Cc1cccc(C)c1-c1cc2nc(n1)NS(=O)(=O)c1cccc(c1)C(=O)NC(C1CCCCC1)C(C1CC1)O2. The third-order valence-electron chi connectivity index (χ3n) is 8.22. The van der Waals surface area contributed by atoms with Gasteiger partial charge in [0.1, 0.15) is 6.10 Å². The Balaban J connectivity index is 1.52. The van der Waals surface area contributed by atoms with Crippen LogP contribution in [0.15, 0.2) is 53.4 Å². The lowest BCUT2D eigenvalue weighted by Gasteiger charge is -2.36. The van der Waals surface area contributed by atoms with E-state index in [2.05, 4.69) is 20.0 Å². The van der Waals surface area contributed by atoms with Crippen LogP contribution in [-0.2, 0) is 10.0 Å². The fraction of sp³-hybridized carbons (Fsp3) is 0.433. The zero-order valence-electron chi connectivity index (χ0n) is 22.3. The monoisotopic (exact) mass is 546 g/mol. The van der Waals surface area contributed by atoms with Gasteiger partial charge in [-0.2, -0.15) is 4.98 Å². The van der Waals surface area contributed by atoms with Crippen molar-refractivity contribution in [2.24, 2.45) is 11.8 Å². The molecular formula is C30H34N4O4S. The number of nitrogens with zero attached hydrogens (tertiary/aromatic N) is 2. The van der Waals surface area contributed by atoms with E-state index in [-0.39, 0.29) is 34.8 Å². The van der Waals surface area contributed by atoms with Crippen molar-refractivity contribution in [1.82, 2.24) is 15.3 Å². The highest BCUT2D eigenvalue weighted by atomic mass is 32.2. The van der Waals surface area contributed by atoms with Gasteiger partial charge in [0, 0.05) is 17.2 Å². The van der Waals surface area contributed by atoms with E-state index in [1.54, 1.807) is 18.2 Å². The molecular weight excluding hydrogens is 512 g/mol. The lowest BCUT2D eigenvalue weighted by atomic mass is 9.80. The minimum Gasteiger partial charge on any atom is -0.472 e. The number of amides is 1. The number of hydrogen-bond acceptors (Lipinski definition) is 6. The molecule has 1 aromatic heterocycles. The molecule has 204 valence electrons. The Morgan fingerprint density at radius 3 is 2.31 bits per heavy atom. The number of aryl methyl sites for hydroxylation is 2. The number of aromatic nitrogens is 2. The van der Waals surface area contributed by atoms with E-state index >= 15 is 0 Å². The van der Waals surface area contributed by atoms with Crippen molar-refractivity contribution in [1.29, 1.82) is 0 Å². The topological polar surface area (TPSA) is 110 Å². The normalized spacial score (nSPS) is 23.3. The van der Waals surface area contributed by atoms with Gasteiger partial charge < -0.3 is 10.1 Å². The highest BCUT2D eigenvalue weighted by molar-refractivity contribution is 7.92. The highest BCUT2D eigenvalue weighted by Crippen LogP contribution is 2.41. The molecule has 2 saturated carbocycles. The average molecular weight is 547 g/mol. The minimum absolute atomic E-state index is 0.0223. The number of sulfonamides is 1. The summed E-state index contributed by atoms with van der Waals surface area (Å²) in [6.45, 7) is 4.01. The van der Waals surface area contributed by atoms with Crippen LogP contribution < -0.4 is 14.8 Å². The summed E-state index contributed by atoms with van der Waals surface area (Å²) < 4.78 is 36.0. The first-order valence-electron chi connectivity index (χ1n) is 13.8. The van der Waals surface area contributed by atoms with Gasteiger partial charge in [-0.25, -0.2) is 18.1 Å². The number of ether oxygens (including phenoxy) is 1. The van der Waals surface area contributed by atoms with Crippen LogP contribution in [0.25, 0.3) is 11.3 Å². The van der Waals surface area contributed by atoms with Crippen molar-refractivity contribution in [2.45, 2.75) is 75.8 Å². The Kier molecular flexibility index (Phi) is 6.79. The molecule has 2 aliphatic carbocycles. The molecule has 8 nitrogen and oxygen atoms in total. The van der Waals surface area contributed by atoms with Gasteiger partial charge in [0.15, 0.2) is 0 Å². The first-order chi connectivity index (χ1) is 18.8. The van der Waals surface area contributed by atoms with Crippen LogP contribution in [0.4, 0.5) is 5.95 Å². The van der Waals surface area contributed by atoms with Gasteiger partial charge in [0.2, 0.25) is 11.8 Å². The summed E-state index contributed by atoms with van der Waals surface area (Å²) >= 11 is 0. The third-order valence-corrected chi connectivity index (χ3v) is 9.55. The lowest BCUT2D eigenvalue weighted by Crippen LogP contribution is -2.52. The van der Waals surface area contributed by atoms with Crippen molar-refractivity contribution >= 4 is 21.9 Å². The summed E-state index contributed by atoms with van der Waals surface area (Å²) in [7, 11) is -4.06. The van der Waals surface area contributed by atoms with Crippen LogP contribution >= 0.6 is 0 Å². The first kappa shape index (κ1) is 25.8. The van der Waals surface area contributed by atoms with Crippen LogP contribution in [0, 0.1) is 25.7 Å². The van der Waals surface area contributed by atoms with Gasteiger partial charge in [-0.3, -0.25) is 4.79 Å². The van der Waals surface area contributed by atoms with Crippen LogP contribution in [0.2, 0.25) is 0 Å². The van der Waals surface area contributed by atoms with Crippen molar-refractivity contribution in [3.63, 3.8) is 0 Å². The molecule has 3 aliphatic rings. The van der Waals surface area contributed by atoms with E-state index in [9.17, 15) is 13.2 Å². The second kappa shape index (κ2) is 10.3. The van der Waals surface area contributed by atoms with E-state index in [0.29, 0.717) is 23.1 Å². The Morgan fingerprint density at radius 2 is 1.59 bits per heavy atom. The molecule has 2 aromatic carbocycles. The molecule has 9 heteroatoms. The summed E-state index contributed by atoms with van der Waals surface area (Å²) in [5.74, 6) is 0.538. The molecule has 0 saturated heterocycles. The Labute approximate surface area is 229 Å². The molecule has 2 heterocycles. The number of nitrogens with one attached hydrogen (secondary N) is 2. The second-order valence-electron chi connectivity index (χ2n) is 11.1. The molecule has 1 aliphatic heterocycles. The molecule has 2 unspecified atom stereocenters. The van der Waals surface area contributed by atoms with Gasteiger partial charge in [0.05, 0.1) is 16.6 Å². The summed E-state index contributed by atoms with van der Waals surface area (Å²) in [4.78, 5) is 22.7. The fourth-order valence-electron chi connectivity index (χ4n) is 6.08. The molecule has 39 heavy (non-hydrogen) atoms. The van der Waals surface area contributed by atoms with Crippen LogP contribution in [0.5, 0.6) is 5.88 Å². The molecule has 4 bridgehead atoms. The molecule has 3 aromatic rings. The van der Waals surface area contributed by atoms with Crippen LogP contribution in [-0.4, -0.2) is 36.4 Å². The molecule has 0 spiro atoms. The van der Waals surface area contributed by atoms with E-state index in [1.165, 1.54) is 18.6 Å². The quantitative estimate of drug-likeness (QED) is 0.455. The maximum Gasteiger partial charge on any atom is 0.264 e. The number of hydrogen-bond donors (Lipinski definition) is 2. The zero-order valence-corrected chi connectivity index (χ0v) is 23.1. The molecule has 2 fully saturated rings. The minimum atomic E-state index is -4.06. The van der Waals surface area contributed by atoms with E-state index < -0.39 is 10.0 Å². The maximum atomic E-state index is 13.5. The molecule has 2 N–H and O–H groups in total. The number of carbonyl (C=O) groups is 1. The van der Waals surface area contributed by atoms with Crippen molar-refractivity contribution in [3.8, 4) is 17.1 Å². The Bertz CT molecular complexity index is 1490. The summed E-state index contributed by atoms with van der Waals surface area (Å²) in [6, 6.07) is 13.7. The second-order valence-corrected chi connectivity index (χ2v) is 12.8. The van der Waals surface area contributed by atoms with Crippen molar-refractivity contribution in [2.75, 3.05) is 4.72 Å². The number of benzene rings is 2. The molecule has 2 atom stereocenters. The number of carbonyl (C=O) groups excluding carboxylic acids is 1. The van der Waals surface area contributed by atoms with Crippen LogP contribution in [0.3, 0.4) is 0 Å². The fourth-order valence-corrected chi connectivity index (χ4v) is 7.07. The Morgan fingerprint density at radius 1 is 0.872 bits per heavy atom. The zero-order chi connectivity index (χ0) is 27.1. The smallest absolute Gasteiger partial charge is 0.264 e. The number of anilines is 1. The molecule has 1 amide bonds. The first-order valence-corrected chi connectivity index (χ1v) is 15.3. The Hall–Kier alpha value is -3.46. The number of rotatable bonds is 3. The summed E-state index contributed by atoms with van der Waals surface area (Å²) in [5.41, 5.74) is 3.84.